The number of nitrogens with one attached hydrogen (secondary N) is 2. The molecule has 2 aromatic carbocycles. The zero-order chi connectivity index (χ0) is 17.6. The number of aliphatic hydroxyl groups is 1. The maximum absolute atomic E-state index is 12.5. The Kier molecular flexibility index (Phi) is 5.26. The standard InChI is InChI=1S/C20H20N2O3/c23-11-10-15(14-6-2-1-3-7-14)12-22-20(25)17-13-21-18-9-5-4-8-16(18)19(17)24/h1-9,13,15,23H,10-12H2,(H,21,24)(H,22,25). The largest absolute Gasteiger partial charge is 0.396 e. The molecular formula is C20H20N2O3. The second-order valence-electron chi connectivity index (χ2n) is 5.91. The Bertz CT molecular complexity index is 919. The summed E-state index contributed by atoms with van der Waals surface area (Å²) in [6.45, 7) is 0.391. The molecule has 0 spiro atoms. The van der Waals surface area contributed by atoms with Gasteiger partial charge in [-0.2, -0.15) is 0 Å². The number of aromatic amines is 1. The highest BCUT2D eigenvalue weighted by atomic mass is 16.3. The molecule has 0 saturated carbocycles. The first-order valence-electron chi connectivity index (χ1n) is 8.25. The summed E-state index contributed by atoms with van der Waals surface area (Å²) in [5.74, 6) is -0.416. The van der Waals surface area contributed by atoms with Gasteiger partial charge in [0.15, 0.2) is 0 Å². The third-order valence-corrected chi connectivity index (χ3v) is 4.29. The third kappa shape index (κ3) is 3.78. The van der Waals surface area contributed by atoms with Gasteiger partial charge in [0, 0.05) is 36.2 Å². The topological polar surface area (TPSA) is 82.2 Å². The quantitative estimate of drug-likeness (QED) is 0.646. The minimum absolute atomic E-state index is 0.00492. The van der Waals surface area contributed by atoms with Crippen molar-refractivity contribution in [3.05, 3.63) is 82.1 Å². The van der Waals surface area contributed by atoms with E-state index in [1.807, 2.05) is 36.4 Å². The summed E-state index contributed by atoms with van der Waals surface area (Å²) in [5.41, 5.74) is 1.55. The zero-order valence-corrected chi connectivity index (χ0v) is 13.7. The molecule has 0 aliphatic rings. The smallest absolute Gasteiger partial charge is 0.256 e. The van der Waals surface area contributed by atoms with Gasteiger partial charge in [-0.05, 0) is 24.1 Å². The van der Waals surface area contributed by atoms with E-state index >= 15 is 0 Å². The molecule has 1 aromatic heterocycles. The van der Waals surface area contributed by atoms with Gasteiger partial charge in [-0.15, -0.1) is 0 Å². The number of carbonyl (C=O) groups excluding carboxylic acids is 1. The number of pyridine rings is 1. The number of rotatable bonds is 6. The van der Waals surface area contributed by atoms with Crippen LogP contribution in [0.5, 0.6) is 0 Å². The summed E-state index contributed by atoms with van der Waals surface area (Å²) in [6, 6.07) is 16.8. The summed E-state index contributed by atoms with van der Waals surface area (Å²) in [6.07, 6.45) is 1.99. The molecule has 3 aromatic rings. The lowest BCUT2D eigenvalue weighted by molar-refractivity contribution is 0.0948. The Labute approximate surface area is 145 Å². The van der Waals surface area contributed by atoms with E-state index < -0.39 is 5.91 Å². The van der Waals surface area contributed by atoms with Crippen molar-refractivity contribution in [3.63, 3.8) is 0 Å². The fourth-order valence-electron chi connectivity index (χ4n) is 2.91. The van der Waals surface area contributed by atoms with Crippen LogP contribution >= 0.6 is 0 Å². The van der Waals surface area contributed by atoms with E-state index in [0.717, 1.165) is 5.56 Å². The molecule has 1 amide bonds. The number of benzene rings is 2. The van der Waals surface area contributed by atoms with E-state index in [0.29, 0.717) is 23.9 Å². The zero-order valence-electron chi connectivity index (χ0n) is 13.7. The third-order valence-electron chi connectivity index (χ3n) is 4.29. The Balaban J connectivity index is 1.78. The van der Waals surface area contributed by atoms with Gasteiger partial charge < -0.3 is 15.4 Å². The Morgan fingerprint density at radius 1 is 1.08 bits per heavy atom. The minimum atomic E-state index is -0.411. The number of carbonyl (C=O) groups is 1. The van der Waals surface area contributed by atoms with Crippen molar-refractivity contribution in [1.82, 2.24) is 10.3 Å². The molecule has 0 radical (unpaired) electrons. The van der Waals surface area contributed by atoms with Crippen molar-refractivity contribution in [3.8, 4) is 0 Å². The maximum Gasteiger partial charge on any atom is 0.256 e. The fraction of sp³-hybridized carbons (Fsp3) is 0.200. The Hall–Kier alpha value is -2.92. The number of aromatic nitrogens is 1. The van der Waals surface area contributed by atoms with Crippen LogP contribution < -0.4 is 10.7 Å². The van der Waals surface area contributed by atoms with Crippen LogP contribution in [0.25, 0.3) is 10.9 Å². The van der Waals surface area contributed by atoms with Gasteiger partial charge in [-0.25, -0.2) is 0 Å². The van der Waals surface area contributed by atoms with E-state index in [-0.39, 0.29) is 23.5 Å². The highest BCUT2D eigenvalue weighted by Gasteiger charge is 2.16. The van der Waals surface area contributed by atoms with Crippen LogP contribution in [-0.2, 0) is 0 Å². The normalized spacial score (nSPS) is 12.0. The van der Waals surface area contributed by atoms with E-state index in [2.05, 4.69) is 10.3 Å². The molecule has 5 nitrogen and oxygen atoms in total. The number of hydrogen-bond donors (Lipinski definition) is 3. The summed E-state index contributed by atoms with van der Waals surface area (Å²) >= 11 is 0. The second-order valence-corrected chi connectivity index (χ2v) is 5.91. The highest BCUT2D eigenvalue weighted by Crippen LogP contribution is 2.18. The van der Waals surface area contributed by atoms with Crippen molar-refractivity contribution >= 4 is 16.8 Å². The number of aliphatic hydroxyl groups excluding tert-OH is 1. The lowest BCUT2D eigenvalue weighted by Crippen LogP contribution is -2.32. The molecular weight excluding hydrogens is 316 g/mol. The van der Waals surface area contributed by atoms with Gasteiger partial charge in [0.2, 0.25) is 5.43 Å². The molecule has 3 N–H and O–H groups in total. The number of para-hydroxylation sites is 1. The van der Waals surface area contributed by atoms with Crippen LogP contribution in [0.1, 0.15) is 28.3 Å². The average molecular weight is 336 g/mol. The van der Waals surface area contributed by atoms with Gasteiger partial charge in [0.25, 0.3) is 5.91 Å². The molecule has 1 atom stereocenters. The van der Waals surface area contributed by atoms with Crippen molar-refractivity contribution in [2.24, 2.45) is 0 Å². The Morgan fingerprint density at radius 3 is 2.56 bits per heavy atom. The number of amides is 1. The summed E-state index contributed by atoms with van der Waals surface area (Å²) in [5, 5.41) is 12.6. The first-order chi connectivity index (χ1) is 12.2. The molecule has 3 rings (SSSR count). The van der Waals surface area contributed by atoms with Crippen molar-refractivity contribution in [1.29, 1.82) is 0 Å². The molecule has 5 heteroatoms. The fourth-order valence-corrected chi connectivity index (χ4v) is 2.91. The lowest BCUT2D eigenvalue weighted by atomic mass is 9.96. The van der Waals surface area contributed by atoms with Gasteiger partial charge >= 0.3 is 0 Å². The van der Waals surface area contributed by atoms with Crippen LogP contribution in [-0.4, -0.2) is 29.1 Å². The highest BCUT2D eigenvalue weighted by molar-refractivity contribution is 5.97. The van der Waals surface area contributed by atoms with Crippen LogP contribution in [0.3, 0.4) is 0 Å². The predicted octanol–water partition coefficient (Wildman–Crippen LogP) is 2.42. The first-order valence-corrected chi connectivity index (χ1v) is 8.25. The summed E-state index contributed by atoms with van der Waals surface area (Å²) in [4.78, 5) is 27.9. The average Bonchev–Trinajstić information content (AvgIpc) is 2.66. The van der Waals surface area contributed by atoms with Crippen molar-refractivity contribution < 1.29 is 9.90 Å². The molecule has 0 fully saturated rings. The van der Waals surface area contributed by atoms with Gasteiger partial charge in [-0.3, -0.25) is 9.59 Å². The van der Waals surface area contributed by atoms with E-state index in [1.165, 1.54) is 6.20 Å². The Morgan fingerprint density at radius 2 is 1.80 bits per heavy atom. The molecule has 0 saturated heterocycles. The van der Waals surface area contributed by atoms with Crippen molar-refractivity contribution in [2.45, 2.75) is 12.3 Å². The number of fused-ring (bicyclic) bond motifs is 1. The van der Waals surface area contributed by atoms with Gasteiger partial charge in [-0.1, -0.05) is 42.5 Å². The molecule has 128 valence electrons. The van der Waals surface area contributed by atoms with Crippen LogP contribution in [0.15, 0.2) is 65.6 Å². The second kappa shape index (κ2) is 7.77. The molecule has 0 aliphatic carbocycles. The monoisotopic (exact) mass is 336 g/mol. The van der Waals surface area contributed by atoms with Crippen molar-refractivity contribution in [2.75, 3.05) is 13.2 Å². The van der Waals surface area contributed by atoms with Crippen LogP contribution in [0.2, 0.25) is 0 Å². The van der Waals surface area contributed by atoms with E-state index in [9.17, 15) is 14.7 Å². The lowest BCUT2D eigenvalue weighted by Gasteiger charge is -2.17. The predicted molar refractivity (Wildman–Crippen MR) is 97.8 cm³/mol. The summed E-state index contributed by atoms with van der Waals surface area (Å²) < 4.78 is 0. The number of H-pyrrole nitrogens is 1. The molecule has 25 heavy (non-hydrogen) atoms. The minimum Gasteiger partial charge on any atom is -0.396 e. The molecule has 0 bridgehead atoms. The molecule has 0 aliphatic heterocycles. The maximum atomic E-state index is 12.5. The number of hydrogen-bond acceptors (Lipinski definition) is 3. The SMILES string of the molecule is O=C(NCC(CCO)c1ccccc1)c1c[nH]c2ccccc2c1=O. The van der Waals surface area contributed by atoms with E-state index in [4.69, 9.17) is 0 Å². The van der Waals surface area contributed by atoms with E-state index in [1.54, 1.807) is 18.2 Å². The van der Waals surface area contributed by atoms with Crippen LogP contribution in [0, 0.1) is 0 Å². The first kappa shape index (κ1) is 16.9. The molecule has 1 unspecified atom stereocenters. The van der Waals surface area contributed by atoms with Gasteiger partial charge in [0.05, 0.1) is 0 Å². The van der Waals surface area contributed by atoms with Crippen LogP contribution in [0.4, 0.5) is 0 Å². The molecule has 1 heterocycles. The van der Waals surface area contributed by atoms with Gasteiger partial charge in [0.1, 0.15) is 5.56 Å². The summed E-state index contributed by atoms with van der Waals surface area (Å²) in [7, 11) is 0.